The number of hydrogen-bond acceptors (Lipinski definition) is 8. The highest BCUT2D eigenvalue weighted by molar-refractivity contribution is 5.95. The zero-order valence-corrected chi connectivity index (χ0v) is 22.1. The fourth-order valence-electron chi connectivity index (χ4n) is 4.82. The van der Waals surface area contributed by atoms with Crippen molar-refractivity contribution in [1.29, 1.82) is 0 Å². The highest BCUT2D eigenvalue weighted by atomic mass is 16.7. The third-order valence-electron chi connectivity index (χ3n) is 6.74. The van der Waals surface area contributed by atoms with Crippen molar-refractivity contribution in [3.05, 3.63) is 89.5 Å². The number of carbonyl (C=O) groups is 1. The zero-order valence-electron chi connectivity index (χ0n) is 22.1. The van der Waals surface area contributed by atoms with Gasteiger partial charge in [-0.3, -0.25) is 9.89 Å². The Hall–Kier alpha value is -4.83. The first kappa shape index (κ1) is 25.4. The van der Waals surface area contributed by atoms with Crippen LogP contribution in [0.4, 0.5) is 0 Å². The molecule has 6 rings (SSSR count). The molecule has 3 heterocycles. The van der Waals surface area contributed by atoms with E-state index >= 15 is 0 Å². The van der Waals surface area contributed by atoms with Crippen molar-refractivity contribution >= 4 is 16.9 Å². The van der Waals surface area contributed by atoms with Crippen LogP contribution < -0.4 is 19.5 Å². The maximum absolute atomic E-state index is 13.7. The van der Waals surface area contributed by atoms with Crippen LogP contribution in [-0.4, -0.2) is 42.1 Å². The van der Waals surface area contributed by atoms with Crippen LogP contribution in [0.2, 0.25) is 0 Å². The molecular weight excluding hydrogens is 512 g/mol. The highest BCUT2D eigenvalue weighted by Gasteiger charge is 2.26. The van der Waals surface area contributed by atoms with Gasteiger partial charge in [-0.05, 0) is 35.9 Å². The number of nitrogens with one attached hydrogen (secondary N) is 2. The quantitative estimate of drug-likeness (QED) is 0.261. The van der Waals surface area contributed by atoms with Crippen molar-refractivity contribution in [2.45, 2.75) is 25.5 Å². The maximum Gasteiger partial charge on any atom is 0.231 e. The van der Waals surface area contributed by atoms with Gasteiger partial charge in [0.2, 0.25) is 12.7 Å². The van der Waals surface area contributed by atoms with Gasteiger partial charge in [0.05, 0.1) is 19.6 Å². The minimum atomic E-state index is -0.458. The summed E-state index contributed by atoms with van der Waals surface area (Å²) in [5.74, 6) is 3.42. The van der Waals surface area contributed by atoms with E-state index in [1.807, 2.05) is 60.7 Å². The van der Waals surface area contributed by atoms with Crippen LogP contribution in [0.15, 0.2) is 71.1 Å². The normalized spacial score (nSPS) is 12.9. The van der Waals surface area contributed by atoms with Gasteiger partial charge in [0.1, 0.15) is 23.7 Å². The van der Waals surface area contributed by atoms with Gasteiger partial charge in [-0.2, -0.15) is 5.10 Å². The zero-order chi connectivity index (χ0) is 27.5. The molecule has 0 spiro atoms. The number of aromatic nitrogens is 3. The average Bonchev–Trinajstić information content (AvgIpc) is 3.71. The van der Waals surface area contributed by atoms with Crippen molar-refractivity contribution < 1.29 is 28.2 Å². The molecule has 1 aliphatic rings. The summed E-state index contributed by atoms with van der Waals surface area (Å²) in [6.45, 7) is 0.438. The van der Waals surface area contributed by atoms with Crippen molar-refractivity contribution in [3.63, 3.8) is 0 Å². The van der Waals surface area contributed by atoms with E-state index in [0.29, 0.717) is 47.5 Å². The van der Waals surface area contributed by atoms with Crippen LogP contribution in [0, 0.1) is 0 Å². The number of benzene rings is 3. The number of nitrogens with zero attached hydrogens (tertiary/aromatic N) is 2. The predicted molar refractivity (Wildman–Crippen MR) is 146 cm³/mol. The van der Waals surface area contributed by atoms with Gasteiger partial charge in [0.25, 0.3) is 0 Å². The van der Waals surface area contributed by atoms with Gasteiger partial charge >= 0.3 is 0 Å². The Morgan fingerprint density at radius 2 is 1.82 bits per heavy atom. The van der Waals surface area contributed by atoms with Crippen LogP contribution >= 0.6 is 0 Å². The van der Waals surface area contributed by atoms with Crippen molar-refractivity contribution in [1.82, 2.24) is 20.5 Å². The van der Waals surface area contributed by atoms with Gasteiger partial charge in [-0.25, -0.2) is 4.98 Å². The summed E-state index contributed by atoms with van der Waals surface area (Å²) in [4.78, 5) is 18.2. The third kappa shape index (κ3) is 5.21. The first-order valence-corrected chi connectivity index (χ1v) is 12.8. The predicted octanol–water partition coefficient (Wildman–Crippen LogP) is 4.74. The van der Waals surface area contributed by atoms with Crippen LogP contribution in [0.5, 0.6) is 17.2 Å². The van der Waals surface area contributed by atoms with Gasteiger partial charge < -0.3 is 28.7 Å². The molecule has 1 atom stereocenters. The molecule has 0 fully saturated rings. The standard InChI is InChI=1S/C30H28N4O6/c1-36-16-27-32-30(34-33-27)23(12-18-6-4-3-5-7-18)31-28(35)14-22-21-13-25-26(39-17-38-25)15-24(21)40-29(22)19-8-10-20(37-2)11-9-19/h3-11,13,15,23H,12,14,16-17H2,1-2H3,(H,31,35)(H,32,33,34). The number of hydrogen-bond donors (Lipinski definition) is 2. The molecule has 0 bridgehead atoms. The lowest BCUT2D eigenvalue weighted by molar-refractivity contribution is -0.121. The Labute approximate surface area is 230 Å². The lowest BCUT2D eigenvalue weighted by Gasteiger charge is -2.16. The molecule has 2 aromatic heterocycles. The average molecular weight is 541 g/mol. The maximum atomic E-state index is 13.7. The number of rotatable bonds is 10. The second-order valence-electron chi connectivity index (χ2n) is 9.40. The van der Waals surface area contributed by atoms with Crippen LogP contribution in [-0.2, 0) is 29.0 Å². The Morgan fingerprint density at radius 1 is 1.05 bits per heavy atom. The molecule has 0 radical (unpaired) electrons. The fraction of sp³-hybridized carbons (Fsp3) is 0.233. The number of furan rings is 1. The summed E-state index contributed by atoms with van der Waals surface area (Å²) in [6, 6.07) is 20.6. The highest BCUT2D eigenvalue weighted by Crippen LogP contribution is 2.42. The van der Waals surface area contributed by atoms with E-state index in [4.69, 9.17) is 23.4 Å². The molecule has 0 aliphatic carbocycles. The smallest absolute Gasteiger partial charge is 0.231 e. The van der Waals surface area contributed by atoms with Crippen molar-refractivity contribution in [2.75, 3.05) is 21.0 Å². The largest absolute Gasteiger partial charge is 0.497 e. The second-order valence-corrected chi connectivity index (χ2v) is 9.40. The molecule has 1 aliphatic heterocycles. The van der Waals surface area contributed by atoms with Crippen LogP contribution in [0.25, 0.3) is 22.3 Å². The number of H-pyrrole nitrogens is 1. The number of fused-ring (bicyclic) bond motifs is 2. The van der Waals surface area contributed by atoms with E-state index in [2.05, 4.69) is 20.5 Å². The monoisotopic (exact) mass is 540 g/mol. The number of aromatic amines is 1. The molecule has 1 amide bonds. The first-order valence-electron chi connectivity index (χ1n) is 12.8. The number of amides is 1. The molecule has 204 valence electrons. The van der Waals surface area contributed by atoms with E-state index in [1.54, 1.807) is 20.3 Å². The van der Waals surface area contributed by atoms with E-state index in [1.165, 1.54) is 0 Å². The summed E-state index contributed by atoms with van der Waals surface area (Å²) in [7, 11) is 3.21. The van der Waals surface area contributed by atoms with Crippen LogP contribution in [0.3, 0.4) is 0 Å². The second kappa shape index (κ2) is 11.1. The van der Waals surface area contributed by atoms with Crippen molar-refractivity contribution in [2.24, 2.45) is 0 Å². The molecule has 10 nitrogen and oxygen atoms in total. The first-order chi connectivity index (χ1) is 19.6. The molecule has 10 heteroatoms. The van der Waals surface area contributed by atoms with E-state index in [9.17, 15) is 4.79 Å². The van der Waals surface area contributed by atoms with Gasteiger partial charge in [0.15, 0.2) is 23.1 Å². The minimum absolute atomic E-state index is 0.0641. The van der Waals surface area contributed by atoms with E-state index in [-0.39, 0.29) is 19.1 Å². The molecule has 5 aromatic rings. The van der Waals surface area contributed by atoms with Crippen molar-refractivity contribution in [3.8, 4) is 28.6 Å². The number of ether oxygens (including phenoxy) is 4. The summed E-state index contributed by atoms with van der Waals surface area (Å²) in [5, 5.41) is 11.2. The fourth-order valence-corrected chi connectivity index (χ4v) is 4.82. The summed E-state index contributed by atoms with van der Waals surface area (Å²) >= 11 is 0. The number of carbonyl (C=O) groups excluding carboxylic acids is 1. The lowest BCUT2D eigenvalue weighted by atomic mass is 10.0. The van der Waals surface area contributed by atoms with Gasteiger partial charge in [-0.1, -0.05) is 30.3 Å². The Bertz CT molecular complexity index is 1630. The molecular formula is C30H28N4O6. The SMILES string of the molecule is COCc1nc(C(Cc2ccccc2)NC(=O)Cc2c(-c3ccc(OC)cc3)oc3cc4c(cc23)OCO4)n[nH]1. The van der Waals surface area contributed by atoms with Gasteiger partial charge in [0, 0.05) is 36.1 Å². The molecule has 0 saturated carbocycles. The Balaban J connectivity index is 1.33. The van der Waals surface area contributed by atoms with Crippen LogP contribution in [0.1, 0.15) is 28.8 Å². The summed E-state index contributed by atoms with van der Waals surface area (Å²) < 4.78 is 27.9. The minimum Gasteiger partial charge on any atom is -0.497 e. The summed E-state index contributed by atoms with van der Waals surface area (Å²) in [6.07, 6.45) is 0.585. The molecule has 40 heavy (non-hydrogen) atoms. The molecule has 3 aromatic carbocycles. The third-order valence-corrected chi connectivity index (χ3v) is 6.74. The van der Waals surface area contributed by atoms with E-state index in [0.717, 1.165) is 27.8 Å². The summed E-state index contributed by atoms with van der Waals surface area (Å²) in [5.41, 5.74) is 3.22. The molecule has 1 unspecified atom stereocenters. The number of methoxy groups -OCH3 is 2. The van der Waals surface area contributed by atoms with Gasteiger partial charge in [-0.15, -0.1) is 0 Å². The Kier molecular flexibility index (Phi) is 7.07. The van der Waals surface area contributed by atoms with E-state index < -0.39 is 6.04 Å². The lowest BCUT2D eigenvalue weighted by Crippen LogP contribution is -2.32. The topological polar surface area (TPSA) is 121 Å². The molecule has 0 saturated heterocycles. The molecule has 2 N–H and O–H groups in total. The Morgan fingerprint density at radius 3 is 2.58 bits per heavy atom.